The first-order chi connectivity index (χ1) is 12.6. The lowest BCUT2D eigenvalue weighted by atomic mass is 10.1. The first-order valence-electron chi connectivity index (χ1n) is 7.63. The van der Waals surface area contributed by atoms with Crippen LogP contribution < -0.4 is 0 Å². The van der Waals surface area contributed by atoms with Crippen molar-refractivity contribution in [2.24, 2.45) is 0 Å². The van der Waals surface area contributed by atoms with Crippen LogP contribution in [0.4, 0.5) is 0 Å². The molecule has 0 atom stereocenters. The highest BCUT2D eigenvalue weighted by molar-refractivity contribution is 6.45. The summed E-state index contributed by atoms with van der Waals surface area (Å²) >= 11 is 12.6. The van der Waals surface area contributed by atoms with Crippen LogP contribution >= 0.6 is 23.2 Å². The molecule has 0 aliphatic carbocycles. The van der Waals surface area contributed by atoms with Gasteiger partial charge in [-0.3, -0.25) is 4.57 Å². The molecule has 0 aliphatic heterocycles. The summed E-state index contributed by atoms with van der Waals surface area (Å²) in [5.41, 5.74) is 1.70. The monoisotopic (exact) mass is 386 g/mol. The Morgan fingerprint density at radius 3 is 2.77 bits per heavy atom. The molecule has 0 bridgehead atoms. The summed E-state index contributed by atoms with van der Waals surface area (Å²) in [6.07, 6.45) is 6.91. The van der Waals surface area contributed by atoms with Gasteiger partial charge in [0.25, 0.3) is 0 Å². The SMILES string of the molecule is COC(=O)c1cccn1-c1cc(-n2ccnc2)c2ccc(Cl)c(Cl)c2n1. The van der Waals surface area contributed by atoms with Gasteiger partial charge in [-0.2, -0.15) is 0 Å². The number of esters is 1. The summed E-state index contributed by atoms with van der Waals surface area (Å²) < 4.78 is 8.33. The van der Waals surface area contributed by atoms with E-state index in [0.717, 1.165) is 11.1 Å². The van der Waals surface area contributed by atoms with Crippen molar-refractivity contribution >= 4 is 40.1 Å². The van der Waals surface area contributed by atoms with Gasteiger partial charge in [0.05, 0.1) is 34.7 Å². The van der Waals surface area contributed by atoms with Gasteiger partial charge in [0, 0.05) is 30.0 Å². The molecular formula is C18H12Cl2N4O2. The van der Waals surface area contributed by atoms with Gasteiger partial charge in [0.1, 0.15) is 11.5 Å². The third kappa shape index (κ3) is 2.64. The Hall–Kier alpha value is -2.83. The van der Waals surface area contributed by atoms with Crippen molar-refractivity contribution in [3.8, 4) is 11.5 Å². The molecule has 130 valence electrons. The van der Waals surface area contributed by atoms with E-state index in [2.05, 4.69) is 9.97 Å². The predicted octanol–water partition coefficient (Wildman–Crippen LogP) is 4.30. The second-order valence-electron chi connectivity index (χ2n) is 5.48. The minimum atomic E-state index is -0.460. The molecule has 0 N–H and O–H groups in total. The molecule has 0 unspecified atom stereocenters. The molecule has 3 heterocycles. The fraction of sp³-hybridized carbons (Fsp3) is 0.0556. The van der Waals surface area contributed by atoms with Crippen molar-refractivity contribution < 1.29 is 9.53 Å². The van der Waals surface area contributed by atoms with E-state index in [4.69, 9.17) is 27.9 Å². The zero-order chi connectivity index (χ0) is 18.3. The van der Waals surface area contributed by atoms with Gasteiger partial charge in [-0.25, -0.2) is 14.8 Å². The van der Waals surface area contributed by atoms with Gasteiger partial charge in [0.2, 0.25) is 0 Å². The molecule has 0 saturated heterocycles. The average molecular weight is 387 g/mol. The minimum absolute atomic E-state index is 0.346. The normalized spacial score (nSPS) is 11.0. The Kier molecular flexibility index (Phi) is 4.14. The first-order valence-corrected chi connectivity index (χ1v) is 8.39. The molecular weight excluding hydrogens is 375 g/mol. The molecule has 4 rings (SSSR count). The fourth-order valence-electron chi connectivity index (χ4n) is 2.79. The minimum Gasteiger partial charge on any atom is -0.464 e. The maximum atomic E-state index is 12.0. The van der Waals surface area contributed by atoms with Crippen LogP contribution in [-0.2, 0) is 4.74 Å². The molecule has 0 fully saturated rings. The Labute approximate surface area is 158 Å². The van der Waals surface area contributed by atoms with Gasteiger partial charge in [-0.15, -0.1) is 0 Å². The van der Waals surface area contributed by atoms with E-state index in [-0.39, 0.29) is 0 Å². The number of nitrogens with zero attached hydrogens (tertiary/aromatic N) is 4. The molecule has 26 heavy (non-hydrogen) atoms. The third-order valence-corrected chi connectivity index (χ3v) is 4.80. The molecule has 6 nitrogen and oxygen atoms in total. The van der Waals surface area contributed by atoms with Crippen LogP contribution in [0.2, 0.25) is 10.0 Å². The van der Waals surface area contributed by atoms with Gasteiger partial charge in [-0.05, 0) is 24.3 Å². The lowest BCUT2D eigenvalue weighted by molar-refractivity contribution is 0.0591. The summed E-state index contributed by atoms with van der Waals surface area (Å²) in [4.78, 5) is 20.8. The van der Waals surface area contributed by atoms with Crippen LogP contribution in [0.3, 0.4) is 0 Å². The van der Waals surface area contributed by atoms with Crippen LogP contribution in [0.15, 0.2) is 55.2 Å². The van der Waals surface area contributed by atoms with Gasteiger partial charge < -0.3 is 9.30 Å². The number of halogens is 2. The van der Waals surface area contributed by atoms with E-state index < -0.39 is 5.97 Å². The largest absolute Gasteiger partial charge is 0.464 e. The van der Waals surface area contributed by atoms with Crippen LogP contribution in [0.1, 0.15) is 10.5 Å². The zero-order valence-electron chi connectivity index (χ0n) is 13.6. The number of ether oxygens (including phenoxy) is 1. The predicted molar refractivity (Wildman–Crippen MR) is 99.6 cm³/mol. The highest BCUT2D eigenvalue weighted by Gasteiger charge is 2.17. The van der Waals surface area contributed by atoms with Crippen molar-refractivity contribution in [3.63, 3.8) is 0 Å². The van der Waals surface area contributed by atoms with E-state index in [1.54, 1.807) is 41.5 Å². The maximum Gasteiger partial charge on any atom is 0.355 e. The van der Waals surface area contributed by atoms with Gasteiger partial charge in [0.15, 0.2) is 0 Å². The summed E-state index contributed by atoms with van der Waals surface area (Å²) in [5, 5.41) is 1.56. The molecule has 0 amide bonds. The van der Waals surface area contributed by atoms with Crippen molar-refractivity contribution in [2.75, 3.05) is 7.11 Å². The smallest absolute Gasteiger partial charge is 0.355 e. The van der Waals surface area contributed by atoms with Gasteiger partial charge >= 0.3 is 5.97 Å². The molecule has 1 aromatic carbocycles. The van der Waals surface area contributed by atoms with Crippen LogP contribution in [-0.4, -0.2) is 32.2 Å². The Morgan fingerprint density at radius 2 is 2.04 bits per heavy atom. The topological polar surface area (TPSA) is 61.9 Å². The Bertz CT molecular complexity index is 1120. The van der Waals surface area contributed by atoms with E-state index in [9.17, 15) is 4.79 Å². The van der Waals surface area contributed by atoms with Crippen molar-refractivity contribution in [3.05, 3.63) is 71.0 Å². The summed E-state index contributed by atoms with van der Waals surface area (Å²) in [5.74, 6) is 0.0500. The fourth-order valence-corrected chi connectivity index (χ4v) is 3.15. The molecule has 8 heteroatoms. The summed E-state index contributed by atoms with van der Waals surface area (Å²) in [6, 6.07) is 8.83. The summed E-state index contributed by atoms with van der Waals surface area (Å²) in [7, 11) is 1.33. The highest BCUT2D eigenvalue weighted by atomic mass is 35.5. The van der Waals surface area contributed by atoms with Crippen molar-refractivity contribution in [1.29, 1.82) is 0 Å². The number of rotatable bonds is 3. The number of aromatic nitrogens is 4. The lowest BCUT2D eigenvalue weighted by Gasteiger charge is -2.14. The van der Waals surface area contributed by atoms with Crippen LogP contribution in [0.5, 0.6) is 0 Å². The molecule has 0 saturated carbocycles. The third-order valence-electron chi connectivity index (χ3n) is 4.01. The zero-order valence-corrected chi connectivity index (χ0v) is 15.1. The van der Waals surface area contributed by atoms with Crippen molar-refractivity contribution in [2.45, 2.75) is 0 Å². The number of methoxy groups -OCH3 is 1. The second kappa shape index (κ2) is 6.48. The lowest BCUT2D eigenvalue weighted by Crippen LogP contribution is -2.10. The molecule has 0 aliphatic rings. The number of pyridine rings is 1. The Morgan fingerprint density at radius 1 is 1.19 bits per heavy atom. The number of carbonyl (C=O) groups is 1. The number of imidazole rings is 1. The van der Waals surface area contributed by atoms with E-state index in [0.29, 0.717) is 27.1 Å². The van der Waals surface area contributed by atoms with Crippen LogP contribution in [0.25, 0.3) is 22.4 Å². The number of hydrogen-bond acceptors (Lipinski definition) is 4. The Balaban J connectivity index is 2.05. The highest BCUT2D eigenvalue weighted by Crippen LogP contribution is 2.33. The molecule has 3 aromatic heterocycles. The number of carbonyl (C=O) groups excluding carboxylic acids is 1. The molecule has 0 radical (unpaired) electrons. The quantitative estimate of drug-likeness (QED) is 0.492. The number of benzene rings is 1. The summed E-state index contributed by atoms with van der Waals surface area (Å²) in [6.45, 7) is 0. The first kappa shape index (κ1) is 16.6. The second-order valence-corrected chi connectivity index (χ2v) is 6.27. The number of fused-ring (bicyclic) bond motifs is 1. The maximum absolute atomic E-state index is 12.0. The van der Waals surface area contributed by atoms with Crippen LogP contribution in [0, 0.1) is 0 Å². The van der Waals surface area contributed by atoms with Gasteiger partial charge in [-0.1, -0.05) is 23.2 Å². The molecule has 0 spiro atoms. The van der Waals surface area contributed by atoms with E-state index in [1.165, 1.54) is 7.11 Å². The van der Waals surface area contributed by atoms with Crippen molar-refractivity contribution in [1.82, 2.24) is 19.1 Å². The average Bonchev–Trinajstić information content (AvgIpc) is 3.35. The van der Waals surface area contributed by atoms with E-state index in [1.807, 2.05) is 22.9 Å². The molecule has 4 aromatic rings. The standard InChI is InChI=1S/C18H12Cl2N4O2/c1-26-18(25)13-3-2-7-24(13)15-9-14(23-8-6-21-10-23)11-4-5-12(19)16(20)17(11)22-15/h2-10H,1H3. The van der Waals surface area contributed by atoms with E-state index >= 15 is 0 Å². The number of hydrogen-bond donors (Lipinski definition) is 0.